The molecular weight excluding hydrogens is 300 g/mol. The van der Waals surface area contributed by atoms with Crippen LogP contribution >= 0.6 is 0 Å². The molecule has 1 aliphatic heterocycles. The minimum Gasteiger partial charge on any atom is -0.341 e. The van der Waals surface area contributed by atoms with Gasteiger partial charge in [-0.05, 0) is 35.3 Å². The monoisotopic (exact) mass is 322 g/mol. The van der Waals surface area contributed by atoms with Gasteiger partial charge < -0.3 is 9.80 Å². The number of nitrogens with zero attached hydrogens (tertiary/aromatic N) is 2. The van der Waals surface area contributed by atoms with E-state index in [1.54, 1.807) is 13.1 Å². The Morgan fingerprint density at radius 2 is 1.79 bits per heavy atom. The number of fused-ring (bicyclic) bond motifs is 1. The lowest BCUT2D eigenvalue weighted by Crippen LogP contribution is -2.39. The molecule has 0 unspecified atom stereocenters. The molecule has 0 bridgehead atoms. The molecule has 0 atom stereocenters. The second kappa shape index (κ2) is 7.30. The molecule has 2 aromatic rings. The highest BCUT2D eigenvalue weighted by molar-refractivity contribution is 5.97. The average Bonchev–Trinajstić information content (AvgIpc) is 3.14. The highest BCUT2D eigenvalue weighted by Gasteiger charge is 2.20. The second-order valence-electron chi connectivity index (χ2n) is 6.18. The average molecular weight is 322 g/mol. The Balaban J connectivity index is 1.66. The molecule has 4 heteroatoms. The van der Waals surface area contributed by atoms with Crippen molar-refractivity contribution in [3.63, 3.8) is 0 Å². The molecule has 0 aliphatic carbocycles. The van der Waals surface area contributed by atoms with Gasteiger partial charge in [-0.3, -0.25) is 9.59 Å². The third-order valence-corrected chi connectivity index (χ3v) is 4.44. The molecule has 1 fully saturated rings. The summed E-state index contributed by atoms with van der Waals surface area (Å²) in [5, 5.41) is 2.25. The zero-order valence-corrected chi connectivity index (χ0v) is 13.9. The number of carbonyl (C=O) groups is 2. The number of rotatable bonds is 4. The smallest absolute Gasteiger partial charge is 0.246 e. The van der Waals surface area contributed by atoms with Crippen LogP contribution in [-0.4, -0.2) is 48.3 Å². The quantitative estimate of drug-likeness (QED) is 0.812. The lowest BCUT2D eigenvalue weighted by Gasteiger charge is -2.20. The van der Waals surface area contributed by atoms with Crippen LogP contribution in [0.1, 0.15) is 18.4 Å². The topological polar surface area (TPSA) is 40.6 Å². The fraction of sp³-hybridized carbons (Fsp3) is 0.300. The maximum absolute atomic E-state index is 12.3. The third-order valence-electron chi connectivity index (χ3n) is 4.44. The van der Waals surface area contributed by atoms with Gasteiger partial charge in [0.25, 0.3) is 0 Å². The van der Waals surface area contributed by atoms with Crippen LogP contribution in [0.5, 0.6) is 0 Å². The summed E-state index contributed by atoms with van der Waals surface area (Å²) in [5.74, 6) is -0.127. The van der Waals surface area contributed by atoms with Gasteiger partial charge in [-0.15, -0.1) is 0 Å². The Morgan fingerprint density at radius 1 is 1.08 bits per heavy atom. The van der Waals surface area contributed by atoms with E-state index in [4.69, 9.17) is 0 Å². The van der Waals surface area contributed by atoms with Crippen molar-refractivity contribution in [2.75, 3.05) is 26.7 Å². The van der Waals surface area contributed by atoms with Crippen LogP contribution in [0.4, 0.5) is 0 Å². The number of hydrogen-bond donors (Lipinski definition) is 0. The number of carbonyl (C=O) groups excluding carboxylic acids is 2. The molecule has 0 spiro atoms. The van der Waals surface area contributed by atoms with Gasteiger partial charge in [0.15, 0.2) is 0 Å². The van der Waals surface area contributed by atoms with E-state index in [9.17, 15) is 9.59 Å². The summed E-state index contributed by atoms with van der Waals surface area (Å²) in [4.78, 5) is 27.7. The highest BCUT2D eigenvalue weighted by Crippen LogP contribution is 2.19. The largest absolute Gasteiger partial charge is 0.341 e. The fourth-order valence-corrected chi connectivity index (χ4v) is 3.03. The molecule has 2 amide bonds. The third kappa shape index (κ3) is 3.65. The molecule has 0 radical (unpaired) electrons. The van der Waals surface area contributed by atoms with E-state index >= 15 is 0 Å². The molecular formula is C20H22N2O2. The van der Waals surface area contributed by atoms with Crippen molar-refractivity contribution in [1.29, 1.82) is 0 Å². The van der Waals surface area contributed by atoms with Gasteiger partial charge in [-0.1, -0.05) is 42.5 Å². The van der Waals surface area contributed by atoms with E-state index < -0.39 is 0 Å². The lowest BCUT2D eigenvalue weighted by molar-refractivity contribution is -0.136. The van der Waals surface area contributed by atoms with Crippen molar-refractivity contribution in [3.05, 3.63) is 54.1 Å². The highest BCUT2D eigenvalue weighted by atomic mass is 16.2. The van der Waals surface area contributed by atoms with Crippen molar-refractivity contribution in [2.45, 2.75) is 12.8 Å². The lowest BCUT2D eigenvalue weighted by atomic mass is 10.0. The molecule has 1 heterocycles. The van der Waals surface area contributed by atoms with Crippen LogP contribution in [0.3, 0.4) is 0 Å². The van der Waals surface area contributed by atoms with Gasteiger partial charge in [-0.25, -0.2) is 0 Å². The van der Waals surface area contributed by atoms with E-state index in [0.717, 1.165) is 42.3 Å². The van der Waals surface area contributed by atoms with Crippen LogP contribution in [0.2, 0.25) is 0 Å². The number of hydrogen-bond acceptors (Lipinski definition) is 2. The predicted octanol–water partition coefficient (Wildman–Crippen LogP) is 2.93. The number of likely N-dealkylation sites (N-methyl/N-ethyl adjacent to an activating group) is 1. The van der Waals surface area contributed by atoms with Crippen molar-refractivity contribution >= 4 is 28.7 Å². The maximum atomic E-state index is 12.3. The molecule has 0 N–H and O–H groups in total. The first-order chi connectivity index (χ1) is 11.6. The van der Waals surface area contributed by atoms with E-state index in [-0.39, 0.29) is 18.4 Å². The van der Waals surface area contributed by atoms with Gasteiger partial charge in [-0.2, -0.15) is 0 Å². The van der Waals surface area contributed by atoms with E-state index in [0.29, 0.717) is 0 Å². The van der Waals surface area contributed by atoms with E-state index in [2.05, 4.69) is 12.1 Å². The van der Waals surface area contributed by atoms with Crippen LogP contribution < -0.4 is 0 Å². The molecule has 3 rings (SSSR count). The van der Waals surface area contributed by atoms with Crippen molar-refractivity contribution in [3.8, 4) is 0 Å². The molecule has 4 nitrogen and oxygen atoms in total. The number of amides is 2. The standard InChI is InChI=1S/C20H22N2O2/c1-21(15-20(24)22-13-4-5-14-22)19(23)12-11-17-9-6-8-16-7-2-3-10-18(16)17/h2-3,6-12H,4-5,13-15H2,1H3. The molecule has 0 aromatic heterocycles. The Labute approximate surface area is 142 Å². The minimum atomic E-state index is -0.157. The molecule has 1 saturated heterocycles. The van der Waals surface area contributed by atoms with E-state index in [1.165, 1.54) is 4.90 Å². The summed E-state index contributed by atoms with van der Waals surface area (Å²) < 4.78 is 0. The molecule has 2 aromatic carbocycles. The van der Waals surface area contributed by atoms with Crippen LogP contribution in [0, 0.1) is 0 Å². The van der Waals surface area contributed by atoms with Gasteiger partial charge in [0.1, 0.15) is 0 Å². The summed E-state index contributed by atoms with van der Waals surface area (Å²) in [7, 11) is 1.67. The van der Waals surface area contributed by atoms with Crippen molar-refractivity contribution < 1.29 is 9.59 Å². The van der Waals surface area contributed by atoms with Crippen molar-refractivity contribution in [1.82, 2.24) is 9.80 Å². The molecule has 0 saturated carbocycles. The van der Waals surface area contributed by atoms with Gasteiger partial charge in [0, 0.05) is 26.2 Å². The zero-order valence-electron chi connectivity index (χ0n) is 13.9. The summed E-state index contributed by atoms with van der Waals surface area (Å²) in [6.07, 6.45) is 5.48. The van der Waals surface area contributed by atoms with E-state index in [1.807, 2.05) is 41.3 Å². The van der Waals surface area contributed by atoms with Gasteiger partial charge in [0.05, 0.1) is 6.54 Å². The number of likely N-dealkylation sites (tertiary alicyclic amines) is 1. The second-order valence-corrected chi connectivity index (χ2v) is 6.18. The van der Waals surface area contributed by atoms with Crippen LogP contribution in [-0.2, 0) is 9.59 Å². The summed E-state index contributed by atoms with van der Waals surface area (Å²) >= 11 is 0. The molecule has 1 aliphatic rings. The Hall–Kier alpha value is -2.62. The minimum absolute atomic E-state index is 0.0295. The predicted molar refractivity (Wildman–Crippen MR) is 96.4 cm³/mol. The summed E-state index contributed by atoms with van der Waals surface area (Å²) in [6, 6.07) is 14.1. The summed E-state index contributed by atoms with van der Waals surface area (Å²) in [5.41, 5.74) is 1.00. The molecule has 124 valence electrons. The van der Waals surface area contributed by atoms with Crippen molar-refractivity contribution in [2.24, 2.45) is 0 Å². The van der Waals surface area contributed by atoms with Crippen LogP contribution in [0.25, 0.3) is 16.8 Å². The number of benzene rings is 2. The Morgan fingerprint density at radius 3 is 2.58 bits per heavy atom. The maximum Gasteiger partial charge on any atom is 0.246 e. The molecule has 24 heavy (non-hydrogen) atoms. The Bertz CT molecular complexity index is 771. The first-order valence-electron chi connectivity index (χ1n) is 8.34. The first kappa shape index (κ1) is 16.2. The first-order valence-corrected chi connectivity index (χ1v) is 8.34. The zero-order chi connectivity index (χ0) is 16.9. The van der Waals surface area contributed by atoms with Gasteiger partial charge in [0.2, 0.25) is 11.8 Å². The fourth-order valence-electron chi connectivity index (χ4n) is 3.03. The Kier molecular flexibility index (Phi) is 4.94. The summed E-state index contributed by atoms with van der Waals surface area (Å²) in [6.45, 7) is 1.76. The van der Waals surface area contributed by atoms with Crippen LogP contribution in [0.15, 0.2) is 48.5 Å². The normalized spacial score (nSPS) is 14.5. The van der Waals surface area contributed by atoms with Gasteiger partial charge >= 0.3 is 0 Å². The SMILES string of the molecule is CN(CC(=O)N1CCCC1)C(=O)C=Cc1cccc2ccccc12.